The van der Waals surface area contributed by atoms with Crippen LogP contribution in [-0.4, -0.2) is 29.1 Å². The average Bonchev–Trinajstić information content (AvgIpc) is 3.36. The lowest BCUT2D eigenvalue weighted by molar-refractivity contribution is -0.133. The van der Waals surface area contributed by atoms with E-state index in [0.717, 1.165) is 12.0 Å². The zero-order chi connectivity index (χ0) is 15.4. The number of hydrogen-bond acceptors (Lipinski definition) is 2. The lowest BCUT2D eigenvalue weighted by atomic mass is 10.1. The van der Waals surface area contributed by atoms with Crippen LogP contribution in [-0.2, 0) is 11.3 Å². The molecule has 1 N–H and O–H groups in total. The third-order valence-corrected chi connectivity index (χ3v) is 4.23. The molecular formula is C19H21NO2. The van der Waals surface area contributed by atoms with Crippen LogP contribution in [0.25, 0.3) is 0 Å². The molecule has 22 heavy (non-hydrogen) atoms. The van der Waals surface area contributed by atoms with Gasteiger partial charge in [-0.25, -0.2) is 0 Å². The fraction of sp³-hybridized carbons (Fsp3) is 0.316. The van der Waals surface area contributed by atoms with E-state index in [9.17, 15) is 9.90 Å². The Morgan fingerprint density at radius 1 is 1.05 bits per heavy atom. The molecule has 2 atom stereocenters. The van der Waals surface area contributed by atoms with Gasteiger partial charge in [0, 0.05) is 19.0 Å². The van der Waals surface area contributed by atoms with Crippen molar-refractivity contribution in [3.63, 3.8) is 0 Å². The maximum absolute atomic E-state index is 12.7. The standard InChI is InChI=1S/C19H21NO2/c21-12-11-20(14-15-7-3-1-4-8-15)19(22)18-13-17(18)16-9-5-2-6-10-16/h1-10,17-18,21H,11-14H2. The highest BCUT2D eigenvalue weighted by molar-refractivity contribution is 5.83. The van der Waals surface area contributed by atoms with Crippen LogP contribution >= 0.6 is 0 Å². The average molecular weight is 295 g/mol. The molecule has 2 aromatic carbocycles. The second-order valence-corrected chi connectivity index (χ2v) is 5.83. The van der Waals surface area contributed by atoms with Gasteiger partial charge in [0.1, 0.15) is 0 Å². The Hall–Kier alpha value is -2.13. The van der Waals surface area contributed by atoms with E-state index in [1.807, 2.05) is 48.5 Å². The van der Waals surface area contributed by atoms with Crippen LogP contribution in [0, 0.1) is 5.92 Å². The van der Waals surface area contributed by atoms with Crippen molar-refractivity contribution >= 4 is 5.91 Å². The van der Waals surface area contributed by atoms with Gasteiger partial charge in [0.05, 0.1) is 6.61 Å². The number of hydrogen-bond donors (Lipinski definition) is 1. The van der Waals surface area contributed by atoms with Gasteiger partial charge in [-0.05, 0) is 23.5 Å². The molecule has 0 heterocycles. The molecule has 1 saturated carbocycles. The molecule has 0 saturated heterocycles. The Bertz CT molecular complexity index is 612. The van der Waals surface area contributed by atoms with Gasteiger partial charge >= 0.3 is 0 Å². The lowest BCUT2D eigenvalue weighted by Crippen LogP contribution is -2.34. The molecule has 114 valence electrons. The van der Waals surface area contributed by atoms with Gasteiger partial charge in [0.25, 0.3) is 0 Å². The highest BCUT2D eigenvalue weighted by Crippen LogP contribution is 2.48. The molecule has 0 bridgehead atoms. The third kappa shape index (κ3) is 3.37. The number of aliphatic hydroxyl groups excluding tert-OH is 1. The number of carbonyl (C=O) groups excluding carboxylic acids is 1. The summed E-state index contributed by atoms with van der Waals surface area (Å²) in [4.78, 5) is 14.5. The summed E-state index contributed by atoms with van der Waals surface area (Å²) in [5.41, 5.74) is 2.34. The first-order chi connectivity index (χ1) is 10.8. The van der Waals surface area contributed by atoms with Gasteiger partial charge < -0.3 is 10.0 Å². The van der Waals surface area contributed by atoms with Crippen LogP contribution in [0.5, 0.6) is 0 Å². The highest BCUT2D eigenvalue weighted by Gasteiger charge is 2.45. The topological polar surface area (TPSA) is 40.5 Å². The molecule has 0 spiro atoms. The van der Waals surface area contributed by atoms with E-state index < -0.39 is 0 Å². The fourth-order valence-electron chi connectivity index (χ4n) is 2.96. The minimum atomic E-state index is 0.00129. The number of benzene rings is 2. The summed E-state index contributed by atoms with van der Waals surface area (Å²) in [7, 11) is 0. The van der Waals surface area contributed by atoms with Crippen LogP contribution in [0.15, 0.2) is 60.7 Å². The molecule has 0 aliphatic heterocycles. The van der Waals surface area contributed by atoms with Gasteiger partial charge in [-0.1, -0.05) is 60.7 Å². The zero-order valence-electron chi connectivity index (χ0n) is 12.6. The third-order valence-electron chi connectivity index (χ3n) is 4.23. The Morgan fingerprint density at radius 2 is 1.68 bits per heavy atom. The smallest absolute Gasteiger partial charge is 0.226 e. The Labute approximate surface area is 131 Å². The molecule has 1 fully saturated rings. The van der Waals surface area contributed by atoms with Gasteiger partial charge in [-0.3, -0.25) is 4.79 Å². The first kappa shape index (κ1) is 14.8. The van der Waals surface area contributed by atoms with Crippen molar-refractivity contribution in [2.45, 2.75) is 18.9 Å². The Kier molecular flexibility index (Phi) is 4.54. The van der Waals surface area contributed by atoms with E-state index in [0.29, 0.717) is 19.0 Å². The first-order valence-corrected chi connectivity index (χ1v) is 7.78. The quantitative estimate of drug-likeness (QED) is 0.890. The normalized spacial score (nSPS) is 19.7. The summed E-state index contributed by atoms with van der Waals surface area (Å²) in [6.45, 7) is 0.964. The van der Waals surface area contributed by atoms with Crippen molar-refractivity contribution in [2.24, 2.45) is 5.92 Å². The van der Waals surface area contributed by atoms with Crippen molar-refractivity contribution < 1.29 is 9.90 Å². The summed E-state index contributed by atoms with van der Waals surface area (Å²) >= 11 is 0. The Morgan fingerprint density at radius 3 is 2.32 bits per heavy atom. The molecule has 1 aliphatic rings. The van der Waals surface area contributed by atoms with Crippen molar-refractivity contribution in [1.29, 1.82) is 0 Å². The molecule has 3 nitrogen and oxygen atoms in total. The number of nitrogens with zero attached hydrogens (tertiary/aromatic N) is 1. The molecule has 2 unspecified atom stereocenters. The van der Waals surface area contributed by atoms with Crippen molar-refractivity contribution in [3.05, 3.63) is 71.8 Å². The van der Waals surface area contributed by atoms with Crippen LogP contribution in [0.3, 0.4) is 0 Å². The van der Waals surface area contributed by atoms with Crippen molar-refractivity contribution in [3.8, 4) is 0 Å². The summed E-state index contributed by atoms with van der Waals surface area (Å²) < 4.78 is 0. The number of amides is 1. The molecule has 1 aliphatic carbocycles. The van der Waals surface area contributed by atoms with E-state index >= 15 is 0 Å². The first-order valence-electron chi connectivity index (χ1n) is 7.78. The van der Waals surface area contributed by atoms with Gasteiger partial charge in [-0.15, -0.1) is 0 Å². The van der Waals surface area contributed by atoms with Crippen LogP contribution in [0.2, 0.25) is 0 Å². The van der Waals surface area contributed by atoms with Gasteiger partial charge in [0.15, 0.2) is 0 Å². The van der Waals surface area contributed by atoms with E-state index in [1.165, 1.54) is 5.56 Å². The van der Waals surface area contributed by atoms with Gasteiger partial charge in [0.2, 0.25) is 5.91 Å². The van der Waals surface area contributed by atoms with E-state index in [1.54, 1.807) is 4.90 Å². The fourth-order valence-corrected chi connectivity index (χ4v) is 2.96. The van der Waals surface area contributed by atoms with Crippen LogP contribution in [0.4, 0.5) is 0 Å². The largest absolute Gasteiger partial charge is 0.395 e. The number of aliphatic hydroxyl groups is 1. The molecular weight excluding hydrogens is 274 g/mol. The zero-order valence-corrected chi connectivity index (χ0v) is 12.6. The molecule has 0 radical (unpaired) electrons. The van der Waals surface area contributed by atoms with Crippen molar-refractivity contribution in [2.75, 3.05) is 13.2 Å². The molecule has 3 heteroatoms. The minimum absolute atomic E-state index is 0.00129. The van der Waals surface area contributed by atoms with Crippen LogP contribution < -0.4 is 0 Å². The SMILES string of the molecule is O=C(C1CC1c1ccccc1)N(CCO)Cc1ccccc1. The summed E-state index contributed by atoms with van der Waals surface area (Å²) in [5, 5.41) is 9.25. The maximum Gasteiger partial charge on any atom is 0.226 e. The van der Waals surface area contributed by atoms with Gasteiger partial charge in [-0.2, -0.15) is 0 Å². The number of rotatable bonds is 6. The maximum atomic E-state index is 12.7. The highest BCUT2D eigenvalue weighted by atomic mass is 16.3. The second kappa shape index (κ2) is 6.75. The van der Waals surface area contributed by atoms with Crippen molar-refractivity contribution in [1.82, 2.24) is 4.90 Å². The Balaban J connectivity index is 1.66. The summed E-state index contributed by atoms with van der Waals surface area (Å²) in [6, 6.07) is 20.1. The summed E-state index contributed by atoms with van der Waals surface area (Å²) in [6.07, 6.45) is 0.916. The number of carbonyl (C=O) groups is 1. The molecule has 1 amide bonds. The minimum Gasteiger partial charge on any atom is -0.395 e. The van der Waals surface area contributed by atoms with E-state index in [2.05, 4.69) is 12.1 Å². The monoisotopic (exact) mass is 295 g/mol. The lowest BCUT2D eigenvalue weighted by Gasteiger charge is -2.22. The predicted octanol–water partition coefficient (Wildman–Crippen LogP) is 2.81. The predicted molar refractivity (Wildman–Crippen MR) is 86.2 cm³/mol. The van der Waals surface area contributed by atoms with E-state index in [-0.39, 0.29) is 18.4 Å². The van der Waals surface area contributed by atoms with E-state index in [4.69, 9.17) is 0 Å². The molecule has 2 aromatic rings. The molecule has 0 aromatic heterocycles. The van der Waals surface area contributed by atoms with Crippen LogP contribution in [0.1, 0.15) is 23.5 Å². The molecule has 3 rings (SSSR count). The summed E-state index contributed by atoms with van der Waals surface area (Å²) in [5.74, 6) is 0.565. The second-order valence-electron chi connectivity index (χ2n) is 5.83.